The molecule has 5 heteroatoms. The van der Waals surface area contributed by atoms with Crippen molar-refractivity contribution >= 4 is 5.97 Å². The van der Waals surface area contributed by atoms with Gasteiger partial charge in [-0.2, -0.15) is 0 Å². The number of methoxy groups -OCH3 is 1. The molecular formula is C11H19N3O2. The maximum Gasteiger partial charge on any atom is 0.358 e. The fourth-order valence-electron chi connectivity index (χ4n) is 1.49. The number of aromatic nitrogens is 2. The van der Waals surface area contributed by atoms with Crippen molar-refractivity contribution < 1.29 is 9.53 Å². The van der Waals surface area contributed by atoms with Crippen LogP contribution in [0.15, 0.2) is 0 Å². The van der Waals surface area contributed by atoms with E-state index in [1.54, 1.807) is 0 Å². The van der Waals surface area contributed by atoms with Crippen LogP contribution in [-0.4, -0.2) is 22.6 Å². The van der Waals surface area contributed by atoms with E-state index in [9.17, 15) is 4.79 Å². The van der Waals surface area contributed by atoms with Crippen molar-refractivity contribution in [3.63, 3.8) is 0 Å². The fraction of sp³-hybridized carbons (Fsp3) is 0.636. The lowest BCUT2D eigenvalue weighted by Gasteiger charge is -2.15. The topological polar surface area (TPSA) is 70.1 Å². The molecule has 1 aromatic heterocycles. The maximum atomic E-state index is 11.5. The molecule has 0 fully saturated rings. The Kier molecular flexibility index (Phi) is 3.70. The van der Waals surface area contributed by atoms with Crippen molar-refractivity contribution in [1.29, 1.82) is 0 Å². The molecule has 0 saturated heterocycles. The lowest BCUT2D eigenvalue weighted by Crippen LogP contribution is -2.21. The molecule has 0 aliphatic carbocycles. The van der Waals surface area contributed by atoms with Gasteiger partial charge >= 0.3 is 5.97 Å². The highest BCUT2D eigenvalue weighted by Gasteiger charge is 2.23. The van der Waals surface area contributed by atoms with Gasteiger partial charge in [-0.3, -0.25) is 0 Å². The first-order valence-corrected chi connectivity index (χ1v) is 5.27. The summed E-state index contributed by atoms with van der Waals surface area (Å²) in [6, 6.07) is -0.179. The minimum Gasteiger partial charge on any atom is -0.464 e. The zero-order valence-electron chi connectivity index (χ0n) is 10.4. The molecule has 0 aliphatic rings. The van der Waals surface area contributed by atoms with Crippen molar-refractivity contribution in [1.82, 2.24) is 9.55 Å². The lowest BCUT2D eigenvalue weighted by atomic mass is 10.1. The Morgan fingerprint density at radius 2 is 2.06 bits per heavy atom. The van der Waals surface area contributed by atoms with E-state index in [0.29, 0.717) is 11.5 Å². The van der Waals surface area contributed by atoms with E-state index in [1.165, 1.54) is 7.11 Å². The van der Waals surface area contributed by atoms with Crippen LogP contribution in [0.25, 0.3) is 0 Å². The second kappa shape index (κ2) is 4.65. The summed E-state index contributed by atoms with van der Waals surface area (Å²) in [6.07, 6.45) is 0. The Hall–Kier alpha value is -1.36. The van der Waals surface area contributed by atoms with Crippen LogP contribution in [0.4, 0.5) is 0 Å². The molecule has 0 unspecified atom stereocenters. The average Bonchev–Trinajstić information content (AvgIpc) is 2.54. The van der Waals surface area contributed by atoms with Gasteiger partial charge in [0.2, 0.25) is 0 Å². The summed E-state index contributed by atoms with van der Waals surface area (Å²) in [7, 11) is 3.20. The molecule has 2 N–H and O–H groups in total. The van der Waals surface area contributed by atoms with E-state index in [0.717, 1.165) is 5.69 Å². The van der Waals surface area contributed by atoms with Gasteiger partial charge in [-0.15, -0.1) is 0 Å². The highest BCUT2D eigenvalue weighted by molar-refractivity contribution is 5.88. The van der Waals surface area contributed by atoms with Crippen LogP contribution < -0.4 is 5.73 Å². The molecule has 0 saturated carbocycles. The van der Waals surface area contributed by atoms with Gasteiger partial charge in [0.05, 0.1) is 13.2 Å². The Morgan fingerprint density at radius 1 is 1.50 bits per heavy atom. The molecule has 0 aliphatic heterocycles. The van der Waals surface area contributed by atoms with E-state index >= 15 is 0 Å². The zero-order valence-corrected chi connectivity index (χ0v) is 10.4. The number of rotatable bonds is 3. The molecule has 1 atom stereocenters. The highest BCUT2D eigenvalue weighted by atomic mass is 16.5. The van der Waals surface area contributed by atoms with Crippen LogP contribution in [-0.2, 0) is 11.8 Å². The van der Waals surface area contributed by atoms with Gasteiger partial charge in [-0.25, -0.2) is 9.78 Å². The van der Waals surface area contributed by atoms with Crippen LogP contribution in [0.5, 0.6) is 0 Å². The number of ether oxygens (including phenoxy) is 1. The Morgan fingerprint density at radius 3 is 2.50 bits per heavy atom. The van der Waals surface area contributed by atoms with Gasteiger partial charge in [0.25, 0.3) is 0 Å². The lowest BCUT2D eigenvalue weighted by molar-refractivity contribution is 0.0593. The number of carbonyl (C=O) groups excluding carboxylic acids is 1. The van der Waals surface area contributed by atoms with Gasteiger partial charge < -0.3 is 15.0 Å². The van der Waals surface area contributed by atoms with E-state index in [4.69, 9.17) is 5.73 Å². The molecule has 5 nitrogen and oxygen atoms in total. The van der Waals surface area contributed by atoms with E-state index in [2.05, 4.69) is 9.72 Å². The summed E-state index contributed by atoms with van der Waals surface area (Å²) in [6.45, 7) is 5.87. The van der Waals surface area contributed by atoms with E-state index in [-0.39, 0.29) is 12.0 Å². The molecule has 1 heterocycles. The molecule has 0 bridgehead atoms. The third-order valence-corrected chi connectivity index (χ3v) is 2.81. The quantitative estimate of drug-likeness (QED) is 0.784. The van der Waals surface area contributed by atoms with Crippen LogP contribution >= 0.6 is 0 Å². The summed E-state index contributed by atoms with van der Waals surface area (Å²) in [4.78, 5) is 15.7. The Labute approximate surface area is 95.6 Å². The Bertz CT molecular complexity index is 396. The van der Waals surface area contributed by atoms with Gasteiger partial charge in [0, 0.05) is 12.7 Å². The number of hydrogen-bond donors (Lipinski definition) is 1. The minimum absolute atomic E-state index is 0.179. The van der Waals surface area contributed by atoms with E-state index < -0.39 is 5.97 Å². The number of imidazole rings is 1. The number of nitrogens with two attached hydrogens (primary N) is 1. The summed E-state index contributed by atoms with van der Waals surface area (Å²) < 4.78 is 6.51. The standard InChI is InChI=1S/C11H19N3O2/c1-6(2)8(12)10-13-9(11(15)16-5)7(3)14(10)4/h6,8H,12H2,1-5H3/t8-/m0/s1. The molecule has 90 valence electrons. The Balaban J connectivity index is 3.19. The number of hydrogen-bond acceptors (Lipinski definition) is 4. The third kappa shape index (κ3) is 2.09. The number of nitrogens with zero attached hydrogens (tertiary/aromatic N) is 2. The number of esters is 1. The molecule has 0 radical (unpaired) electrons. The van der Waals surface area contributed by atoms with Gasteiger partial charge in [-0.1, -0.05) is 13.8 Å². The largest absolute Gasteiger partial charge is 0.464 e. The van der Waals surface area contributed by atoms with Crippen molar-refractivity contribution in [2.24, 2.45) is 18.7 Å². The summed E-state index contributed by atoms with van der Waals surface area (Å²) in [5, 5.41) is 0. The summed E-state index contributed by atoms with van der Waals surface area (Å²) in [5.41, 5.74) is 7.15. The van der Waals surface area contributed by atoms with Crippen molar-refractivity contribution in [3.8, 4) is 0 Å². The van der Waals surface area contributed by atoms with Crippen molar-refractivity contribution in [3.05, 3.63) is 17.2 Å². The van der Waals surface area contributed by atoms with Crippen LogP contribution in [0.3, 0.4) is 0 Å². The van der Waals surface area contributed by atoms with Crippen LogP contribution in [0.2, 0.25) is 0 Å². The second-order valence-corrected chi connectivity index (χ2v) is 4.22. The summed E-state index contributed by atoms with van der Waals surface area (Å²) >= 11 is 0. The highest BCUT2D eigenvalue weighted by Crippen LogP contribution is 2.20. The van der Waals surface area contributed by atoms with Gasteiger partial charge in [-0.05, 0) is 12.8 Å². The van der Waals surface area contributed by atoms with Gasteiger partial charge in [0.1, 0.15) is 5.82 Å². The van der Waals surface area contributed by atoms with E-state index in [1.807, 2.05) is 32.4 Å². The first-order chi connectivity index (χ1) is 7.40. The molecule has 1 aromatic rings. The molecule has 0 amide bonds. The fourth-order valence-corrected chi connectivity index (χ4v) is 1.49. The average molecular weight is 225 g/mol. The molecule has 0 spiro atoms. The smallest absolute Gasteiger partial charge is 0.358 e. The number of carbonyl (C=O) groups is 1. The first kappa shape index (κ1) is 12.7. The molecule has 0 aromatic carbocycles. The van der Waals surface area contributed by atoms with Crippen molar-refractivity contribution in [2.75, 3.05) is 7.11 Å². The SMILES string of the molecule is COC(=O)c1nc([C@@H](N)C(C)C)n(C)c1C. The first-order valence-electron chi connectivity index (χ1n) is 5.27. The maximum absolute atomic E-state index is 11.5. The third-order valence-electron chi connectivity index (χ3n) is 2.81. The second-order valence-electron chi connectivity index (χ2n) is 4.22. The van der Waals surface area contributed by atoms with Crippen molar-refractivity contribution in [2.45, 2.75) is 26.8 Å². The van der Waals surface area contributed by atoms with Gasteiger partial charge in [0.15, 0.2) is 5.69 Å². The molecular weight excluding hydrogens is 206 g/mol. The predicted octanol–water partition coefficient (Wildman–Crippen LogP) is 1.17. The molecule has 1 rings (SSSR count). The summed E-state index contributed by atoms with van der Waals surface area (Å²) in [5.74, 6) is 0.564. The normalized spacial score (nSPS) is 12.9. The monoisotopic (exact) mass is 225 g/mol. The van der Waals surface area contributed by atoms with Crippen LogP contribution in [0.1, 0.15) is 41.9 Å². The molecule has 16 heavy (non-hydrogen) atoms. The minimum atomic E-state index is -0.421. The van der Waals surface area contributed by atoms with Crippen LogP contribution in [0, 0.1) is 12.8 Å². The zero-order chi connectivity index (χ0) is 12.5. The predicted molar refractivity (Wildman–Crippen MR) is 61.1 cm³/mol.